The van der Waals surface area contributed by atoms with Crippen LogP contribution in [0.5, 0.6) is 0 Å². The molecule has 79 valence electrons. The van der Waals surface area contributed by atoms with Gasteiger partial charge in [0.05, 0.1) is 5.56 Å². The largest absolute Gasteiger partial charge is 0.425 e. The highest BCUT2D eigenvalue weighted by Crippen LogP contribution is 2.08. The van der Waals surface area contributed by atoms with Crippen molar-refractivity contribution in [3.8, 4) is 0 Å². The second-order valence-electron chi connectivity index (χ2n) is 3.27. The summed E-state index contributed by atoms with van der Waals surface area (Å²) in [5, 5.41) is 0. The first-order valence-electron chi connectivity index (χ1n) is 4.95. The third-order valence-electron chi connectivity index (χ3n) is 2.14. The van der Waals surface area contributed by atoms with E-state index in [0.29, 0.717) is 5.56 Å². The van der Waals surface area contributed by atoms with E-state index in [1.165, 1.54) is 5.56 Å². The van der Waals surface area contributed by atoms with Crippen LogP contribution >= 0.6 is 0 Å². The molecular formula is C12H13O3. The van der Waals surface area contributed by atoms with Crippen molar-refractivity contribution in [2.75, 3.05) is 0 Å². The van der Waals surface area contributed by atoms with Crippen LogP contribution in [0, 0.1) is 0 Å². The summed E-state index contributed by atoms with van der Waals surface area (Å²) in [7, 11) is 0. The van der Waals surface area contributed by atoms with Crippen molar-refractivity contribution in [3.63, 3.8) is 0 Å². The van der Waals surface area contributed by atoms with Gasteiger partial charge in [-0.15, -0.1) is 0 Å². The highest BCUT2D eigenvalue weighted by molar-refractivity contribution is 5.93. The Labute approximate surface area is 89.1 Å². The average Bonchev–Trinajstić information content (AvgIpc) is 2.27. The lowest BCUT2D eigenvalue weighted by atomic mass is 10.1. The van der Waals surface area contributed by atoms with Crippen molar-refractivity contribution in [3.05, 3.63) is 35.4 Å². The number of aryl methyl sites for hydroxylation is 1. The quantitative estimate of drug-likeness (QED) is 0.547. The molecule has 0 bridgehead atoms. The van der Waals surface area contributed by atoms with Gasteiger partial charge in [0.1, 0.15) is 0 Å². The fourth-order valence-electron chi connectivity index (χ4n) is 1.29. The van der Waals surface area contributed by atoms with E-state index < -0.39 is 5.97 Å². The zero-order valence-electron chi connectivity index (χ0n) is 8.66. The molecule has 0 saturated carbocycles. The van der Waals surface area contributed by atoms with Crippen LogP contribution in [0.1, 0.15) is 35.7 Å². The normalized spacial score (nSPS) is 9.67. The van der Waals surface area contributed by atoms with Crippen LogP contribution in [0.2, 0.25) is 0 Å². The molecule has 3 nitrogen and oxygen atoms in total. The Morgan fingerprint density at radius 3 is 2.53 bits per heavy atom. The van der Waals surface area contributed by atoms with Crippen LogP contribution in [-0.4, -0.2) is 12.4 Å². The van der Waals surface area contributed by atoms with Gasteiger partial charge in [0.2, 0.25) is 0 Å². The van der Waals surface area contributed by atoms with Crippen LogP contribution in [0.3, 0.4) is 0 Å². The van der Waals surface area contributed by atoms with E-state index in [4.69, 9.17) is 0 Å². The van der Waals surface area contributed by atoms with Gasteiger partial charge in [-0.05, 0) is 30.5 Å². The number of hydrogen-bond donors (Lipinski definition) is 0. The Kier molecular flexibility index (Phi) is 4.54. The molecule has 1 rings (SSSR count). The summed E-state index contributed by atoms with van der Waals surface area (Å²) in [4.78, 5) is 20.9. The molecule has 0 spiro atoms. The number of rotatable bonds is 5. The molecule has 0 fully saturated rings. The predicted octanol–water partition coefficient (Wildman–Crippen LogP) is 2.25. The molecule has 1 aromatic carbocycles. The van der Waals surface area contributed by atoms with E-state index in [1.54, 1.807) is 12.1 Å². The van der Waals surface area contributed by atoms with Crippen LogP contribution in [0.4, 0.5) is 0 Å². The zero-order chi connectivity index (χ0) is 11.1. The molecule has 1 aromatic rings. The SMILES string of the molecule is CCCCc1ccc(C(=O)O[C]=O)cc1. The topological polar surface area (TPSA) is 43.4 Å². The first-order chi connectivity index (χ1) is 7.27. The van der Waals surface area contributed by atoms with Gasteiger partial charge in [-0.3, -0.25) is 0 Å². The maximum atomic E-state index is 11.1. The fraction of sp³-hybridized carbons (Fsp3) is 0.333. The molecule has 0 unspecified atom stereocenters. The second-order valence-corrected chi connectivity index (χ2v) is 3.27. The van der Waals surface area contributed by atoms with Gasteiger partial charge in [0.25, 0.3) is 0 Å². The second kappa shape index (κ2) is 5.96. The average molecular weight is 205 g/mol. The molecule has 0 saturated heterocycles. The monoisotopic (exact) mass is 205 g/mol. The molecule has 3 heteroatoms. The Balaban J connectivity index is 2.63. The molecule has 0 aliphatic carbocycles. The molecule has 0 heterocycles. The van der Waals surface area contributed by atoms with E-state index in [2.05, 4.69) is 11.7 Å². The minimum absolute atomic E-state index is 0.374. The van der Waals surface area contributed by atoms with E-state index in [-0.39, 0.29) is 0 Å². The Bertz CT molecular complexity index is 327. The summed E-state index contributed by atoms with van der Waals surface area (Å²) < 4.78 is 4.10. The lowest BCUT2D eigenvalue weighted by molar-refractivity contribution is 0.0710. The Hall–Kier alpha value is -1.64. The number of esters is 1. The number of carbonyl (C=O) groups excluding carboxylic acids is 2. The predicted molar refractivity (Wildman–Crippen MR) is 56.2 cm³/mol. The third-order valence-corrected chi connectivity index (χ3v) is 2.14. The molecule has 15 heavy (non-hydrogen) atoms. The zero-order valence-corrected chi connectivity index (χ0v) is 8.66. The van der Waals surface area contributed by atoms with Crippen molar-refractivity contribution in [1.82, 2.24) is 0 Å². The molecule has 1 radical (unpaired) electrons. The van der Waals surface area contributed by atoms with Crippen LogP contribution < -0.4 is 0 Å². The van der Waals surface area contributed by atoms with Gasteiger partial charge >= 0.3 is 12.4 Å². The van der Waals surface area contributed by atoms with Crippen LogP contribution in [-0.2, 0) is 16.0 Å². The fourth-order valence-corrected chi connectivity index (χ4v) is 1.29. The first kappa shape index (κ1) is 11.4. The van der Waals surface area contributed by atoms with Gasteiger partial charge in [0.15, 0.2) is 0 Å². The summed E-state index contributed by atoms with van der Waals surface area (Å²) in [5.41, 5.74) is 1.56. The highest BCUT2D eigenvalue weighted by Gasteiger charge is 2.06. The summed E-state index contributed by atoms with van der Waals surface area (Å²) in [6.07, 6.45) is 3.28. The Morgan fingerprint density at radius 1 is 1.33 bits per heavy atom. The third kappa shape index (κ3) is 3.54. The van der Waals surface area contributed by atoms with Gasteiger partial charge in [-0.2, -0.15) is 0 Å². The van der Waals surface area contributed by atoms with E-state index >= 15 is 0 Å². The van der Waals surface area contributed by atoms with Crippen LogP contribution in [0.25, 0.3) is 0 Å². The lowest BCUT2D eigenvalue weighted by Crippen LogP contribution is -2.03. The van der Waals surface area contributed by atoms with E-state index in [1.807, 2.05) is 12.1 Å². The lowest BCUT2D eigenvalue weighted by Gasteiger charge is -2.01. The molecule has 0 aliphatic rings. The van der Waals surface area contributed by atoms with Gasteiger partial charge in [-0.1, -0.05) is 25.5 Å². The molecule has 0 N–H and O–H groups in total. The molecule has 0 aliphatic heterocycles. The van der Waals surface area contributed by atoms with Crippen molar-refractivity contribution in [1.29, 1.82) is 0 Å². The number of carbonyl (C=O) groups is 1. The first-order valence-corrected chi connectivity index (χ1v) is 4.95. The van der Waals surface area contributed by atoms with Crippen molar-refractivity contribution in [2.24, 2.45) is 0 Å². The molecule has 0 aromatic heterocycles. The Morgan fingerprint density at radius 2 is 2.00 bits per heavy atom. The smallest absolute Gasteiger partial charge is 0.381 e. The number of ether oxygens (including phenoxy) is 1. The summed E-state index contributed by atoms with van der Waals surface area (Å²) in [6.45, 7) is 3.25. The summed E-state index contributed by atoms with van der Waals surface area (Å²) >= 11 is 0. The highest BCUT2D eigenvalue weighted by atomic mass is 16.6. The minimum atomic E-state index is -0.660. The summed E-state index contributed by atoms with van der Waals surface area (Å²) in [6, 6.07) is 7.06. The van der Waals surface area contributed by atoms with Gasteiger partial charge in [0, 0.05) is 0 Å². The standard InChI is InChI=1S/C12H13O3/c1-2-3-4-10-5-7-11(8-6-10)12(14)15-9-13/h5-8H,2-4H2,1H3. The van der Waals surface area contributed by atoms with Crippen molar-refractivity contribution in [2.45, 2.75) is 26.2 Å². The minimum Gasteiger partial charge on any atom is -0.381 e. The van der Waals surface area contributed by atoms with E-state index in [0.717, 1.165) is 25.7 Å². The van der Waals surface area contributed by atoms with Gasteiger partial charge < -0.3 is 4.74 Å². The summed E-state index contributed by atoms with van der Waals surface area (Å²) in [5.74, 6) is -0.660. The van der Waals surface area contributed by atoms with Crippen molar-refractivity contribution < 1.29 is 14.3 Å². The van der Waals surface area contributed by atoms with Gasteiger partial charge in [-0.25, -0.2) is 9.59 Å². The van der Waals surface area contributed by atoms with Crippen LogP contribution in [0.15, 0.2) is 24.3 Å². The molecule has 0 atom stereocenters. The molecular weight excluding hydrogens is 192 g/mol. The maximum absolute atomic E-state index is 11.1. The number of benzene rings is 1. The van der Waals surface area contributed by atoms with E-state index in [9.17, 15) is 9.59 Å². The molecule has 0 amide bonds. The van der Waals surface area contributed by atoms with Crippen molar-refractivity contribution >= 4 is 12.4 Å². The number of hydrogen-bond acceptors (Lipinski definition) is 3. The maximum Gasteiger partial charge on any atom is 0.425 e. The number of unbranched alkanes of at least 4 members (excludes halogenated alkanes) is 1.